The number of epoxide rings is 1. The molecule has 112 valence electrons. The van der Waals surface area contributed by atoms with Crippen LogP contribution < -0.4 is 5.32 Å². The minimum atomic E-state index is -1.27. The summed E-state index contributed by atoms with van der Waals surface area (Å²) in [5, 5.41) is 11.6. The van der Waals surface area contributed by atoms with E-state index in [1.54, 1.807) is 0 Å². The van der Waals surface area contributed by atoms with Gasteiger partial charge in [0.1, 0.15) is 11.1 Å². The van der Waals surface area contributed by atoms with E-state index in [0.717, 1.165) is 6.61 Å². The topological polar surface area (TPSA) is 96.9 Å². The third kappa shape index (κ3) is 5.62. The number of rotatable bonds is 7. The second kappa shape index (κ2) is 8.18. The monoisotopic (exact) mass is 329 g/mol. The van der Waals surface area contributed by atoms with Gasteiger partial charge in [-0.25, -0.2) is 9.78 Å². The van der Waals surface area contributed by atoms with Crippen LogP contribution in [0.25, 0.3) is 0 Å². The summed E-state index contributed by atoms with van der Waals surface area (Å²) in [6, 6.07) is -0.126. The summed E-state index contributed by atoms with van der Waals surface area (Å²) in [6.45, 7) is 3.52. The molecule has 10 heteroatoms. The van der Waals surface area contributed by atoms with Crippen LogP contribution in [0.1, 0.15) is 17.4 Å². The van der Waals surface area contributed by atoms with Gasteiger partial charge in [-0.15, -0.1) is 0 Å². The third-order valence-electron chi connectivity index (χ3n) is 2.48. The van der Waals surface area contributed by atoms with Crippen molar-refractivity contribution in [1.82, 2.24) is 9.97 Å². The van der Waals surface area contributed by atoms with Crippen LogP contribution in [0.2, 0.25) is 10.3 Å². The summed E-state index contributed by atoms with van der Waals surface area (Å²) >= 11 is 11.6. The number of hydrogen-bond donors (Lipinski definition) is 2. The Balaban J connectivity index is 0.00000220. The average Bonchev–Trinajstić information content (AvgIpc) is 3.17. The third-order valence-corrected chi connectivity index (χ3v) is 3.01. The summed E-state index contributed by atoms with van der Waals surface area (Å²) in [7, 11) is 0. The van der Waals surface area contributed by atoms with E-state index in [2.05, 4.69) is 15.3 Å². The van der Waals surface area contributed by atoms with Crippen molar-refractivity contribution >= 4 is 53.8 Å². The first kappa shape index (κ1) is 18.5. The molecule has 0 bridgehead atoms. The van der Waals surface area contributed by atoms with Gasteiger partial charge in [-0.1, -0.05) is 11.6 Å². The molecule has 1 aliphatic heterocycles. The van der Waals surface area contributed by atoms with Gasteiger partial charge in [-0.3, -0.25) is 0 Å². The van der Waals surface area contributed by atoms with Gasteiger partial charge in [-0.05, 0) is 18.5 Å². The van der Waals surface area contributed by atoms with Crippen molar-refractivity contribution in [2.45, 2.75) is 19.1 Å². The number of hydrogen-bond acceptors (Lipinski definition) is 6. The van der Waals surface area contributed by atoms with E-state index in [9.17, 15) is 4.79 Å². The average molecular weight is 330 g/mol. The van der Waals surface area contributed by atoms with Crippen molar-refractivity contribution in [3.63, 3.8) is 0 Å². The Morgan fingerprint density at radius 1 is 1.57 bits per heavy atom. The fraction of sp³-hybridized carbons (Fsp3) is 0.545. The summed E-state index contributed by atoms with van der Waals surface area (Å²) in [5.41, 5.74) is -0.339. The molecule has 1 aromatic rings. The second-order valence-corrected chi connectivity index (χ2v) is 5.06. The summed E-state index contributed by atoms with van der Waals surface area (Å²) in [6.07, 6.45) is 0.192. The van der Waals surface area contributed by atoms with Gasteiger partial charge in [0, 0.05) is 6.04 Å². The molecular formula is C11H14Cl2LiN3O4. The van der Waals surface area contributed by atoms with Crippen LogP contribution >= 0.6 is 23.2 Å². The Morgan fingerprint density at radius 3 is 2.81 bits per heavy atom. The number of aromatic nitrogens is 2. The number of carboxylic acids is 1. The molecular weight excluding hydrogens is 316 g/mol. The molecule has 0 spiro atoms. The summed E-state index contributed by atoms with van der Waals surface area (Å²) < 4.78 is 10.4. The van der Waals surface area contributed by atoms with Crippen molar-refractivity contribution in [1.29, 1.82) is 0 Å². The first-order chi connectivity index (χ1) is 9.47. The Morgan fingerprint density at radius 2 is 2.24 bits per heavy atom. The number of carboxylic acid groups (broad SMARTS) is 1. The molecule has 7 nitrogen and oxygen atoms in total. The van der Waals surface area contributed by atoms with Crippen molar-refractivity contribution in [3.05, 3.63) is 16.0 Å². The Labute approximate surface area is 143 Å². The molecule has 2 rings (SSSR count). The van der Waals surface area contributed by atoms with Crippen molar-refractivity contribution in [2.24, 2.45) is 0 Å². The van der Waals surface area contributed by atoms with Crippen LogP contribution in [0.15, 0.2) is 0 Å². The van der Waals surface area contributed by atoms with Gasteiger partial charge < -0.3 is 19.9 Å². The molecule has 2 N–H and O–H groups in total. The van der Waals surface area contributed by atoms with Crippen LogP contribution in [-0.4, -0.2) is 71.9 Å². The van der Waals surface area contributed by atoms with Gasteiger partial charge in [0.25, 0.3) is 0 Å². The normalized spacial score (nSPS) is 17.8. The van der Waals surface area contributed by atoms with E-state index in [4.69, 9.17) is 37.8 Å². The Kier molecular flexibility index (Phi) is 7.20. The summed E-state index contributed by atoms with van der Waals surface area (Å²) in [4.78, 5) is 18.4. The molecule has 0 amide bonds. The SMILES string of the molecule is C[C@@H](COCC1CO1)Nc1nc(Cl)nc(C(=O)O)c1Cl.[LiH]. The van der Waals surface area contributed by atoms with Crippen LogP contribution in [-0.2, 0) is 9.47 Å². The number of anilines is 1. The molecule has 0 radical (unpaired) electrons. The number of carbonyl (C=O) groups is 1. The number of halogens is 2. The van der Waals surface area contributed by atoms with Crippen LogP contribution in [0, 0.1) is 0 Å². The fourth-order valence-corrected chi connectivity index (χ4v) is 1.86. The molecule has 1 aliphatic rings. The van der Waals surface area contributed by atoms with Crippen molar-refractivity contribution in [2.75, 3.05) is 25.1 Å². The van der Waals surface area contributed by atoms with Gasteiger partial charge >= 0.3 is 24.8 Å². The first-order valence-electron chi connectivity index (χ1n) is 5.89. The van der Waals surface area contributed by atoms with Gasteiger partial charge in [-0.2, -0.15) is 4.98 Å². The standard InChI is InChI=1S/C11H13Cl2N3O4.Li.H/c1-5(2-19-3-6-4-20-6)14-9-7(12)8(10(17)18)15-11(13)16-9;;/h5-6H,2-4H2,1H3,(H,17,18)(H,14,15,16);;/t5-,6?;;/m0../s1. The molecule has 1 saturated heterocycles. The zero-order valence-electron chi connectivity index (χ0n) is 10.6. The zero-order valence-corrected chi connectivity index (χ0v) is 12.1. The maximum atomic E-state index is 11.0. The molecule has 0 saturated carbocycles. The molecule has 1 aromatic heterocycles. The van der Waals surface area contributed by atoms with Crippen LogP contribution in [0.3, 0.4) is 0 Å². The molecule has 0 aromatic carbocycles. The second-order valence-electron chi connectivity index (χ2n) is 4.35. The Bertz CT molecular complexity index is 516. The molecule has 1 fully saturated rings. The summed E-state index contributed by atoms with van der Waals surface area (Å²) in [5.74, 6) is -1.10. The number of nitrogens with one attached hydrogen (secondary N) is 1. The van der Waals surface area contributed by atoms with Gasteiger partial charge in [0.2, 0.25) is 5.28 Å². The van der Waals surface area contributed by atoms with E-state index in [1.165, 1.54) is 0 Å². The van der Waals surface area contributed by atoms with Crippen LogP contribution in [0.4, 0.5) is 5.82 Å². The first-order valence-corrected chi connectivity index (χ1v) is 6.65. The number of aromatic carboxylic acids is 1. The van der Waals surface area contributed by atoms with E-state index in [-0.39, 0.29) is 52.8 Å². The minimum absolute atomic E-state index is 0. The fourth-order valence-electron chi connectivity index (χ4n) is 1.47. The predicted molar refractivity (Wildman–Crippen MR) is 79.8 cm³/mol. The molecule has 2 atom stereocenters. The van der Waals surface area contributed by atoms with E-state index < -0.39 is 5.97 Å². The molecule has 0 aliphatic carbocycles. The predicted octanol–water partition coefficient (Wildman–Crippen LogP) is 1.05. The number of ether oxygens (including phenoxy) is 2. The van der Waals surface area contributed by atoms with Crippen molar-refractivity contribution < 1.29 is 19.4 Å². The van der Waals surface area contributed by atoms with Gasteiger partial charge in [0.15, 0.2) is 11.5 Å². The van der Waals surface area contributed by atoms with E-state index in [1.807, 2.05) is 6.92 Å². The van der Waals surface area contributed by atoms with E-state index >= 15 is 0 Å². The van der Waals surface area contributed by atoms with Gasteiger partial charge in [0.05, 0.1) is 19.8 Å². The van der Waals surface area contributed by atoms with Crippen LogP contribution in [0.5, 0.6) is 0 Å². The molecule has 21 heavy (non-hydrogen) atoms. The molecule has 1 unspecified atom stereocenters. The maximum absolute atomic E-state index is 11.0. The van der Waals surface area contributed by atoms with Crippen molar-refractivity contribution in [3.8, 4) is 0 Å². The number of nitrogens with zero attached hydrogens (tertiary/aromatic N) is 2. The zero-order chi connectivity index (χ0) is 14.7. The molecule has 2 heterocycles. The Hall–Kier alpha value is -0.553. The van der Waals surface area contributed by atoms with E-state index in [0.29, 0.717) is 13.2 Å². The quantitative estimate of drug-likeness (QED) is 0.438.